The van der Waals surface area contributed by atoms with E-state index in [4.69, 9.17) is 0 Å². The molecule has 0 bridgehead atoms. The van der Waals surface area contributed by atoms with Crippen LogP contribution in [0.1, 0.15) is 29.6 Å². The van der Waals surface area contributed by atoms with Gasteiger partial charge in [0, 0.05) is 43.0 Å². The van der Waals surface area contributed by atoms with Crippen molar-refractivity contribution in [1.29, 1.82) is 0 Å². The molecule has 0 atom stereocenters. The number of nitrogens with one attached hydrogen (secondary N) is 2. The first-order chi connectivity index (χ1) is 11.1. The molecule has 0 aliphatic carbocycles. The zero-order valence-electron chi connectivity index (χ0n) is 12.8. The van der Waals surface area contributed by atoms with Crippen LogP contribution in [0.15, 0.2) is 35.1 Å². The number of hydrogen-bond acceptors (Lipinski definition) is 3. The summed E-state index contributed by atoms with van der Waals surface area (Å²) in [5.41, 5.74) is 0.728. The average Bonchev–Trinajstić information content (AvgIpc) is 2.95. The van der Waals surface area contributed by atoms with Gasteiger partial charge in [-0.05, 0) is 18.9 Å². The van der Waals surface area contributed by atoms with E-state index in [0.29, 0.717) is 37.0 Å². The molecule has 23 heavy (non-hydrogen) atoms. The monoisotopic (exact) mass is 313 g/mol. The van der Waals surface area contributed by atoms with Crippen molar-refractivity contribution >= 4 is 22.7 Å². The molecule has 1 saturated heterocycles. The molecule has 0 radical (unpaired) electrons. The number of fused-ring (bicyclic) bond motifs is 1. The summed E-state index contributed by atoms with van der Waals surface area (Å²) in [7, 11) is 0. The first kappa shape index (κ1) is 15.3. The fourth-order valence-electron chi connectivity index (χ4n) is 2.90. The number of rotatable bonds is 5. The van der Waals surface area contributed by atoms with E-state index in [9.17, 15) is 14.4 Å². The lowest BCUT2D eigenvalue weighted by Gasteiger charge is -2.15. The largest absolute Gasteiger partial charge is 0.352 e. The molecule has 6 nitrogen and oxygen atoms in total. The standard InChI is InChI=1S/C17H19N3O3/c21-15-11-13(12-5-1-2-6-14(12)19-15)17(23)18-8-4-10-20-9-3-7-16(20)22/h1-2,5-6,11H,3-4,7-10H2,(H,18,23)(H,19,21). The first-order valence-electron chi connectivity index (χ1n) is 7.83. The number of H-pyrrole nitrogens is 1. The van der Waals surface area contributed by atoms with Gasteiger partial charge in [0.15, 0.2) is 0 Å². The van der Waals surface area contributed by atoms with Crippen molar-refractivity contribution < 1.29 is 9.59 Å². The lowest BCUT2D eigenvalue weighted by atomic mass is 10.1. The molecule has 120 valence electrons. The summed E-state index contributed by atoms with van der Waals surface area (Å²) < 4.78 is 0. The number of hydrogen-bond donors (Lipinski definition) is 2. The van der Waals surface area contributed by atoms with Crippen LogP contribution in [0.2, 0.25) is 0 Å². The molecule has 1 fully saturated rings. The van der Waals surface area contributed by atoms with Crippen LogP contribution in [0.5, 0.6) is 0 Å². The number of carbonyl (C=O) groups is 2. The predicted octanol–water partition coefficient (Wildman–Crippen LogP) is 1.27. The van der Waals surface area contributed by atoms with Gasteiger partial charge in [0.1, 0.15) is 0 Å². The molecular formula is C17H19N3O3. The summed E-state index contributed by atoms with van der Waals surface area (Å²) in [5, 5.41) is 3.55. The van der Waals surface area contributed by atoms with E-state index in [1.807, 2.05) is 23.1 Å². The van der Waals surface area contributed by atoms with Gasteiger partial charge in [-0.25, -0.2) is 0 Å². The summed E-state index contributed by atoms with van der Waals surface area (Å²) in [6, 6.07) is 8.54. The van der Waals surface area contributed by atoms with E-state index < -0.39 is 0 Å². The number of likely N-dealkylation sites (tertiary alicyclic amines) is 1. The van der Waals surface area contributed by atoms with Gasteiger partial charge in [-0.2, -0.15) is 0 Å². The number of para-hydroxylation sites is 1. The van der Waals surface area contributed by atoms with Crippen molar-refractivity contribution in [2.24, 2.45) is 0 Å². The summed E-state index contributed by atoms with van der Waals surface area (Å²) in [6.45, 7) is 1.95. The fraction of sp³-hybridized carbons (Fsp3) is 0.353. The zero-order valence-corrected chi connectivity index (χ0v) is 12.8. The third-order valence-corrected chi connectivity index (χ3v) is 4.06. The summed E-state index contributed by atoms with van der Waals surface area (Å²) >= 11 is 0. The highest BCUT2D eigenvalue weighted by molar-refractivity contribution is 6.05. The number of benzene rings is 1. The molecule has 1 aromatic carbocycles. The maximum atomic E-state index is 12.3. The Morgan fingerprint density at radius 1 is 1.26 bits per heavy atom. The van der Waals surface area contributed by atoms with Gasteiger partial charge in [0.2, 0.25) is 11.5 Å². The van der Waals surface area contributed by atoms with Crippen molar-refractivity contribution in [3.8, 4) is 0 Å². The Hall–Kier alpha value is -2.63. The summed E-state index contributed by atoms with van der Waals surface area (Å²) in [5.74, 6) is -0.0723. The normalized spacial score (nSPS) is 14.4. The minimum Gasteiger partial charge on any atom is -0.352 e. The number of aromatic amines is 1. The van der Waals surface area contributed by atoms with Crippen molar-refractivity contribution in [1.82, 2.24) is 15.2 Å². The molecule has 2 heterocycles. The minimum absolute atomic E-state index is 0.192. The van der Waals surface area contributed by atoms with Gasteiger partial charge < -0.3 is 15.2 Å². The van der Waals surface area contributed by atoms with Crippen LogP contribution in [0.4, 0.5) is 0 Å². The Labute approximate surface area is 133 Å². The van der Waals surface area contributed by atoms with Gasteiger partial charge in [0.05, 0.1) is 5.56 Å². The van der Waals surface area contributed by atoms with Crippen molar-refractivity contribution in [2.75, 3.05) is 19.6 Å². The molecule has 0 saturated carbocycles. The van der Waals surface area contributed by atoms with E-state index in [2.05, 4.69) is 10.3 Å². The molecule has 6 heteroatoms. The fourth-order valence-corrected chi connectivity index (χ4v) is 2.90. The van der Waals surface area contributed by atoms with E-state index in [1.54, 1.807) is 6.07 Å². The maximum Gasteiger partial charge on any atom is 0.252 e. The number of amides is 2. The highest BCUT2D eigenvalue weighted by atomic mass is 16.2. The molecule has 1 aliphatic heterocycles. The van der Waals surface area contributed by atoms with E-state index in [0.717, 1.165) is 18.4 Å². The maximum absolute atomic E-state index is 12.3. The van der Waals surface area contributed by atoms with Gasteiger partial charge in [0.25, 0.3) is 5.91 Å². The molecular weight excluding hydrogens is 294 g/mol. The van der Waals surface area contributed by atoms with Gasteiger partial charge >= 0.3 is 0 Å². The first-order valence-corrected chi connectivity index (χ1v) is 7.83. The molecule has 0 spiro atoms. The lowest BCUT2D eigenvalue weighted by Crippen LogP contribution is -2.31. The molecule has 2 aromatic rings. The summed E-state index contributed by atoms with van der Waals surface area (Å²) in [6.07, 6.45) is 2.26. The predicted molar refractivity (Wildman–Crippen MR) is 87.3 cm³/mol. The molecule has 0 unspecified atom stereocenters. The van der Waals surface area contributed by atoms with Crippen molar-refractivity contribution in [3.63, 3.8) is 0 Å². The van der Waals surface area contributed by atoms with Crippen LogP contribution in [0, 0.1) is 0 Å². The minimum atomic E-state index is -0.295. The van der Waals surface area contributed by atoms with Crippen LogP contribution in [0.25, 0.3) is 10.9 Å². The third kappa shape index (κ3) is 3.41. The zero-order chi connectivity index (χ0) is 16.2. The Morgan fingerprint density at radius 3 is 2.87 bits per heavy atom. The second kappa shape index (κ2) is 6.64. The molecule has 3 rings (SSSR count). The highest BCUT2D eigenvalue weighted by Crippen LogP contribution is 2.14. The molecule has 2 N–H and O–H groups in total. The Morgan fingerprint density at radius 2 is 2.09 bits per heavy atom. The van der Waals surface area contributed by atoms with Gasteiger partial charge in [-0.15, -0.1) is 0 Å². The number of carbonyl (C=O) groups excluding carboxylic acids is 2. The molecule has 1 aliphatic rings. The smallest absolute Gasteiger partial charge is 0.252 e. The Bertz CT molecular complexity index is 797. The molecule has 1 aromatic heterocycles. The summed E-state index contributed by atoms with van der Waals surface area (Å²) in [4.78, 5) is 40.0. The topological polar surface area (TPSA) is 82.3 Å². The SMILES string of the molecule is O=C(NCCCN1CCCC1=O)c1cc(=O)[nH]c2ccccc12. The number of aromatic nitrogens is 1. The quantitative estimate of drug-likeness (QED) is 0.816. The molecule has 2 amide bonds. The Balaban J connectivity index is 1.62. The van der Waals surface area contributed by atoms with Gasteiger partial charge in [-0.1, -0.05) is 18.2 Å². The number of nitrogens with zero attached hydrogens (tertiary/aromatic N) is 1. The van der Waals surface area contributed by atoms with Crippen LogP contribution >= 0.6 is 0 Å². The lowest BCUT2D eigenvalue weighted by molar-refractivity contribution is -0.127. The number of pyridine rings is 1. The van der Waals surface area contributed by atoms with Crippen molar-refractivity contribution in [3.05, 3.63) is 46.2 Å². The second-order valence-corrected chi connectivity index (χ2v) is 5.69. The highest BCUT2D eigenvalue weighted by Gasteiger charge is 2.19. The van der Waals surface area contributed by atoms with Gasteiger partial charge in [-0.3, -0.25) is 14.4 Å². The van der Waals surface area contributed by atoms with E-state index in [1.165, 1.54) is 6.07 Å². The van der Waals surface area contributed by atoms with Crippen molar-refractivity contribution in [2.45, 2.75) is 19.3 Å². The van der Waals surface area contributed by atoms with Crippen LogP contribution in [0.3, 0.4) is 0 Å². The Kier molecular flexibility index (Phi) is 4.41. The van der Waals surface area contributed by atoms with E-state index in [-0.39, 0.29) is 17.4 Å². The second-order valence-electron chi connectivity index (χ2n) is 5.69. The van der Waals surface area contributed by atoms with Crippen LogP contribution in [-0.4, -0.2) is 41.3 Å². The third-order valence-electron chi connectivity index (χ3n) is 4.06. The van der Waals surface area contributed by atoms with Crippen LogP contribution in [-0.2, 0) is 4.79 Å². The average molecular weight is 313 g/mol. The van der Waals surface area contributed by atoms with Crippen LogP contribution < -0.4 is 10.9 Å². The van der Waals surface area contributed by atoms with E-state index >= 15 is 0 Å².